The molecule has 0 aliphatic carbocycles. The zero-order valence-electron chi connectivity index (χ0n) is 11.4. The second-order valence-electron chi connectivity index (χ2n) is 5.66. The fraction of sp³-hybridized carbons (Fsp3) is 0.533. The molecule has 2 N–H and O–H groups in total. The van der Waals surface area contributed by atoms with Gasteiger partial charge in [-0.15, -0.1) is 0 Å². The topological polar surface area (TPSA) is 44.4 Å². The van der Waals surface area contributed by atoms with Gasteiger partial charge in [0.05, 0.1) is 6.54 Å². The van der Waals surface area contributed by atoms with Gasteiger partial charge in [0.25, 0.3) is 0 Å². The first-order valence-electron chi connectivity index (χ1n) is 7.22. The summed E-state index contributed by atoms with van der Waals surface area (Å²) in [5.41, 5.74) is 0.850. The number of rotatable bonds is 3. The first-order valence-corrected chi connectivity index (χ1v) is 8.02. The molecule has 0 aromatic heterocycles. The number of benzene rings is 1. The molecule has 0 bridgehead atoms. The van der Waals surface area contributed by atoms with E-state index in [0.29, 0.717) is 12.6 Å². The zero-order chi connectivity index (χ0) is 13.9. The molecule has 2 fully saturated rings. The van der Waals surface area contributed by atoms with Crippen LogP contribution >= 0.6 is 15.9 Å². The second-order valence-corrected chi connectivity index (χ2v) is 6.57. The Bertz CT molecular complexity index is 494. The van der Waals surface area contributed by atoms with Crippen LogP contribution in [0.5, 0.6) is 0 Å². The molecule has 2 atom stereocenters. The van der Waals surface area contributed by atoms with Crippen LogP contribution in [0, 0.1) is 5.92 Å². The molecule has 4 nitrogen and oxygen atoms in total. The molecule has 20 heavy (non-hydrogen) atoms. The lowest BCUT2D eigenvalue weighted by Crippen LogP contribution is -2.48. The first kappa shape index (κ1) is 14.0. The van der Waals surface area contributed by atoms with Gasteiger partial charge in [-0.2, -0.15) is 0 Å². The molecule has 108 valence electrons. The fourth-order valence-electron chi connectivity index (χ4n) is 3.31. The molecule has 3 rings (SSSR count). The van der Waals surface area contributed by atoms with Gasteiger partial charge >= 0.3 is 0 Å². The Hall–Kier alpha value is -0.910. The number of piperidine rings is 1. The molecular weight excluding hydrogens is 318 g/mol. The summed E-state index contributed by atoms with van der Waals surface area (Å²) < 4.78 is 0.980. The van der Waals surface area contributed by atoms with E-state index in [2.05, 4.69) is 31.5 Å². The van der Waals surface area contributed by atoms with E-state index in [0.717, 1.165) is 35.7 Å². The van der Waals surface area contributed by atoms with Crippen molar-refractivity contribution in [2.45, 2.75) is 18.9 Å². The highest BCUT2D eigenvalue weighted by molar-refractivity contribution is 9.10. The predicted octanol–water partition coefficient (Wildman–Crippen LogP) is 2.07. The molecule has 2 aliphatic heterocycles. The summed E-state index contributed by atoms with van der Waals surface area (Å²) in [7, 11) is 0. The minimum Gasteiger partial charge on any atom is -0.325 e. The summed E-state index contributed by atoms with van der Waals surface area (Å²) in [6.45, 7) is 3.66. The number of nitrogens with one attached hydrogen (secondary N) is 2. The minimum absolute atomic E-state index is 0.0793. The largest absolute Gasteiger partial charge is 0.325 e. The second kappa shape index (κ2) is 6.24. The summed E-state index contributed by atoms with van der Waals surface area (Å²) in [4.78, 5) is 14.5. The lowest BCUT2D eigenvalue weighted by molar-refractivity contribution is -0.118. The van der Waals surface area contributed by atoms with Crippen LogP contribution in [-0.4, -0.2) is 43.0 Å². The van der Waals surface area contributed by atoms with Crippen LogP contribution in [-0.2, 0) is 4.79 Å². The van der Waals surface area contributed by atoms with Crippen LogP contribution in [0.15, 0.2) is 28.7 Å². The third-order valence-corrected chi connectivity index (χ3v) is 4.74. The number of hydrogen-bond donors (Lipinski definition) is 2. The Morgan fingerprint density at radius 3 is 3.20 bits per heavy atom. The maximum Gasteiger partial charge on any atom is 0.238 e. The van der Waals surface area contributed by atoms with E-state index in [9.17, 15) is 4.79 Å². The van der Waals surface area contributed by atoms with Crippen molar-refractivity contribution in [3.8, 4) is 0 Å². The number of carbonyl (C=O) groups is 1. The Morgan fingerprint density at radius 2 is 2.35 bits per heavy atom. The predicted molar refractivity (Wildman–Crippen MR) is 83.7 cm³/mol. The third-order valence-electron chi connectivity index (χ3n) is 4.25. The van der Waals surface area contributed by atoms with Crippen LogP contribution in [0.25, 0.3) is 0 Å². The number of nitrogens with zero attached hydrogens (tertiary/aromatic N) is 1. The fourth-order valence-corrected chi connectivity index (χ4v) is 3.71. The lowest BCUT2D eigenvalue weighted by Gasteiger charge is -2.36. The lowest BCUT2D eigenvalue weighted by atomic mass is 9.92. The summed E-state index contributed by atoms with van der Waals surface area (Å²) in [6, 6.07) is 8.26. The van der Waals surface area contributed by atoms with Crippen molar-refractivity contribution in [3.63, 3.8) is 0 Å². The summed E-state index contributed by atoms with van der Waals surface area (Å²) in [6.07, 6.45) is 2.49. The summed E-state index contributed by atoms with van der Waals surface area (Å²) >= 11 is 3.42. The van der Waals surface area contributed by atoms with E-state index in [-0.39, 0.29) is 5.91 Å². The highest BCUT2D eigenvalue weighted by Gasteiger charge is 2.35. The molecule has 1 amide bonds. The van der Waals surface area contributed by atoms with Gasteiger partial charge in [-0.3, -0.25) is 9.69 Å². The van der Waals surface area contributed by atoms with Crippen LogP contribution in [0.1, 0.15) is 12.8 Å². The van der Waals surface area contributed by atoms with Gasteiger partial charge in [0.2, 0.25) is 5.91 Å². The average molecular weight is 338 g/mol. The normalized spacial score (nSPS) is 26.2. The van der Waals surface area contributed by atoms with E-state index in [1.807, 2.05) is 24.3 Å². The van der Waals surface area contributed by atoms with Crippen molar-refractivity contribution in [1.82, 2.24) is 10.2 Å². The van der Waals surface area contributed by atoms with Gasteiger partial charge in [-0.1, -0.05) is 22.0 Å². The van der Waals surface area contributed by atoms with Gasteiger partial charge in [0, 0.05) is 22.7 Å². The van der Waals surface area contributed by atoms with Gasteiger partial charge in [-0.05, 0) is 50.0 Å². The molecule has 5 heteroatoms. The number of fused-ring (bicyclic) bond motifs is 1. The van der Waals surface area contributed by atoms with Crippen LogP contribution < -0.4 is 10.6 Å². The van der Waals surface area contributed by atoms with E-state index in [4.69, 9.17) is 0 Å². The molecular formula is C15H20BrN3O. The maximum atomic E-state index is 12.2. The van der Waals surface area contributed by atoms with Crippen molar-refractivity contribution in [3.05, 3.63) is 28.7 Å². The quantitative estimate of drug-likeness (QED) is 0.887. The zero-order valence-corrected chi connectivity index (χ0v) is 13.0. The first-order chi connectivity index (χ1) is 9.72. The molecule has 2 aliphatic rings. The molecule has 0 spiro atoms. The minimum atomic E-state index is 0.0793. The highest BCUT2D eigenvalue weighted by atomic mass is 79.9. The molecule has 0 radical (unpaired) electrons. The van der Waals surface area contributed by atoms with Crippen molar-refractivity contribution in [2.24, 2.45) is 5.92 Å². The molecule has 1 aromatic rings. The number of anilines is 1. The number of hydrogen-bond acceptors (Lipinski definition) is 3. The van der Waals surface area contributed by atoms with Gasteiger partial charge in [0.15, 0.2) is 0 Å². The number of carbonyl (C=O) groups excluding carboxylic acids is 1. The van der Waals surface area contributed by atoms with Crippen LogP contribution in [0.3, 0.4) is 0 Å². The Balaban J connectivity index is 1.58. The smallest absolute Gasteiger partial charge is 0.238 e. The number of likely N-dealkylation sites (tertiary alicyclic amines) is 1. The highest BCUT2D eigenvalue weighted by Crippen LogP contribution is 2.26. The molecule has 0 saturated carbocycles. The van der Waals surface area contributed by atoms with E-state index >= 15 is 0 Å². The SMILES string of the molecule is O=C(CN1CCCC2CNCC21)Nc1cccc(Br)c1. The van der Waals surface area contributed by atoms with Gasteiger partial charge < -0.3 is 10.6 Å². The van der Waals surface area contributed by atoms with Gasteiger partial charge in [-0.25, -0.2) is 0 Å². The number of amides is 1. The van der Waals surface area contributed by atoms with Gasteiger partial charge in [0.1, 0.15) is 0 Å². The molecule has 2 unspecified atom stereocenters. The maximum absolute atomic E-state index is 12.2. The van der Waals surface area contributed by atoms with Crippen LogP contribution in [0.4, 0.5) is 5.69 Å². The van der Waals surface area contributed by atoms with Crippen molar-refractivity contribution < 1.29 is 4.79 Å². The summed E-state index contributed by atoms with van der Waals surface area (Å²) in [5, 5.41) is 6.42. The van der Waals surface area contributed by atoms with E-state index in [1.165, 1.54) is 12.8 Å². The Labute approximate surface area is 128 Å². The van der Waals surface area contributed by atoms with Crippen LogP contribution in [0.2, 0.25) is 0 Å². The van der Waals surface area contributed by atoms with Crippen molar-refractivity contribution in [1.29, 1.82) is 0 Å². The third kappa shape index (κ3) is 3.22. The van der Waals surface area contributed by atoms with Crippen molar-refractivity contribution in [2.75, 3.05) is 31.5 Å². The summed E-state index contributed by atoms with van der Waals surface area (Å²) in [5.74, 6) is 0.804. The Kier molecular flexibility index (Phi) is 4.38. The van der Waals surface area contributed by atoms with Crippen molar-refractivity contribution >= 4 is 27.5 Å². The van der Waals surface area contributed by atoms with E-state index < -0.39 is 0 Å². The number of halogens is 1. The average Bonchev–Trinajstić information content (AvgIpc) is 2.88. The Morgan fingerprint density at radius 1 is 1.45 bits per heavy atom. The molecule has 1 aromatic carbocycles. The standard InChI is InChI=1S/C15H20BrN3O/c16-12-4-1-5-13(7-12)18-15(20)10-19-6-2-3-11-8-17-9-14(11)19/h1,4-5,7,11,14,17H,2-3,6,8-10H2,(H,18,20). The monoisotopic (exact) mass is 337 g/mol. The molecule has 2 heterocycles. The molecule has 2 saturated heterocycles. The van der Waals surface area contributed by atoms with E-state index in [1.54, 1.807) is 0 Å².